The molecule has 3 heterocycles. The number of aromatic nitrogens is 3. The number of rotatable bonds is 6. The molecule has 0 fully saturated rings. The van der Waals surface area contributed by atoms with Gasteiger partial charge in [0.05, 0.1) is 30.5 Å². The van der Waals surface area contributed by atoms with Crippen LogP contribution < -0.4 is 9.47 Å². The third-order valence-electron chi connectivity index (χ3n) is 5.79. The van der Waals surface area contributed by atoms with Crippen molar-refractivity contribution in [2.75, 3.05) is 7.11 Å². The number of fused-ring (bicyclic) bond motifs is 2. The Kier molecular flexibility index (Phi) is 6.60. The number of aryl methyl sites for hydroxylation is 1. The van der Waals surface area contributed by atoms with E-state index in [1.165, 1.54) is 23.9 Å². The van der Waals surface area contributed by atoms with Gasteiger partial charge < -0.3 is 14.6 Å². The van der Waals surface area contributed by atoms with Crippen molar-refractivity contribution in [2.45, 2.75) is 30.7 Å². The number of methoxy groups -OCH3 is 1. The summed E-state index contributed by atoms with van der Waals surface area (Å²) in [7, 11) is 1.60. The zero-order valence-electron chi connectivity index (χ0n) is 19.0. The highest BCUT2D eigenvalue weighted by atomic mass is 35.5. The molecule has 0 atom stereocenters. The molecule has 35 heavy (non-hydrogen) atoms. The van der Waals surface area contributed by atoms with Gasteiger partial charge in [0.1, 0.15) is 16.6 Å². The minimum atomic E-state index is -0.382. The van der Waals surface area contributed by atoms with E-state index in [1.54, 1.807) is 19.4 Å². The van der Waals surface area contributed by atoms with Crippen molar-refractivity contribution in [3.63, 3.8) is 0 Å². The summed E-state index contributed by atoms with van der Waals surface area (Å²) in [6, 6.07) is 11.9. The van der Waals surface area contributed by atoms with E-state index in [2.05, 4.69) is 4.98 Å². The zero-order valence-corrected chi connectivity index (χ0v) is 20.6. The largest absolute Gasteiger partial charge is 0.496 e. The van der Waals surface area contributed by atoms with Crippen molar-refractivity contribution < 1.29 is 19.0 Å². The maximum absolute atomic E-state index is 13.5. The van der Waals surface area contributed by atoms with Gasteiger partial charge in [-0.1, -0.05) is 29.8 Å². The molecule has 0 unspecified atom stereocenters. The summed E-state index contributed by atoms with van der Waals surface area (Å²) in [4.78, 5) is 14.0. The maximum atomic E-state index is 13.5. The Hall–Kier alpha value is -3.20. The van der Waals surface area contributed by atoms with Gasteiger partial charge in [-0.2, -0.15) is 4.98 Å². The molecular formula is C26H21ClFN3O3S. The average Bonchev–Trinajstić information content (AvgIpc) is 2.87. The first kappa shape index (κ1) is 23.5. The van der Waals surface area contributed by atoms with E-state index < -0.39 is 0 Å². The molecule has 9 heteroatoms. The highest BCUT2D eigenvalue weighted by molar-refractivity contribution is 7.98. The van der Waals surface area contributed by atoms with E-state index in [0.717, 1.165) is 22.3 Å². The molecule has 0 saturated carbocycles. The number of hydrogen-bond donors (Lipinski definition) is 1. The van der Waals surface area contributed by atoms with Crippen molar-refractivity contribution in [3.05, 3.63) is 87.4 Å². The first-order valence-electron chi connectivity index (χ1n) is 10.9. The summed E-state index contributed by atoms with van der Waals surface area (Å²) in [5, 5.41) is 10.9. The molecule has 2 aromatic heterocycles. The molecule has 2 aromatic carbocycles. The van der Waals surface area contributed by atoms with Gasteiger partial charge in [-0.05, 0) is 36.8 Å². The van der Waals surface area contributed by atoms with Gasteiger partial charge in [-0.25, -0.2) is 9.37 Å². The van der Waals surface area contributed by atoms with Gasteiger partial charge in [0.15, 0.2) is 11.6 Å². The van der Waals surface area contributed by atoms with E-state index >= 15 is 0 Å². The smallest absolute Gasteiger partial charge is 0.227 e. The van der Waals surface area contributed by atoms with Crippen molar-refractivity contribution >= 4 is 23.4 Å². The van der Waals surface area contributed by atoms with E-state index in [9.17, 15) is 9.50 Å². The van der Waals surface area contributed by atoms with Crippen LogP contribution in [0.15, 0.2) is 53.7 Å². The Balaban J connectivity index is 1.61. The predicted octanol–water partition coefficient (Wildman–Crippen LogP) is 6.13. The number of hydrogen-bond acceptors (Lipinski definition) is 7. The number of aliphatic hydroxyl groups is 1. The molecule has 4 aromatic rings. The number of halogens is 2. The lowest BCUT2D eigenvalue weighted by molar-refractivity contribution is 0.278. The van der Waals surface area contributed by atoms with Crippen LogP contribution in [0.1, 0.15) is 27.9 Å². The van der Waals surface area contributed by atoms with Crippen LogP contribution in [-0.4, -0.2) is 27.2 Å². The number of ether oxygens (including phenoxy) is 2. The fourth-order valence-corrected chi connectivity index (χ4v) is 5.29. The van der Waals surface area contributed by atoms with Crippen LogP contribution in [0.3, 0.4) is 0 Å². The molecule has 178 valence electrons. The summed E-state index contributed by atoms with van der Waals surface area (Å²) in [5.41, 5.74) is 4.60. The van der Waals surface area contributed by atoms with Crippen molar-refractivity contribution in [2.24, 2.45) is 0 Å². The number of thioether (sulfide) groups is 1. The third kappa shape index (κ3) is 4.57. The second-order valence-electron chi connectivity index (χ2n) is 7.97. The molecule has 0 saturated heterocycles. The van der Waals surface area contributed by atoms with Crippen molar-refractivity contribution in [1.82, 2.24) is 15.0 Å². The monoisotopic (exact) mass is 509 g/mol. The predicted molar refractivity (Wildman–Crippen MR) is 133 cm³/mol. The summed E-state index contributed by atoms with van der Waals surface area (Å²) < 4.78 is 25.3. The number of benzene rings is 2. The molecule has 1 N–H and O–H groups in total. The normalized spacial score (nSPS) is 12.0. The van der Waals surface area contributed by atoms with Crippen molar-refractivity contribution in [1.29, 1.82) is 0 Å². The summed E-state index contributed by atoms with van der Waals surface area (Å²) in [6.07, 6.45) is 2.15. The van der Waals surface area contributed by atoms with E-state index in [4.69, 9.17) is 31.0 Å². The number of para-hydroxylation sites is 1. The minimum Gasteiger partial charge on any atom is -0.496 e. The SMILES string of the molecule is COc1ccccc1-c1nc2c(c(SCc3ccc(F)cc3Cl)n1)Cc1c(CO)cnc(C)c1O2. The lowest BCUT2D eigenvalue weighted by Crippen LogP contribution is -2.13. The lowest BCUT2D eigenvalue weighted by atomic mass is 9.99. The first-order chi connectivity index (χ1) is 17.0. The lowest BCUT2D eigenvalue weighted by Gasteiger charge is -2.24. The van der Waals surface area contributed by atoms with Crippen LogP contribution in [0.2, 0.25) is 5.02 Å². The van der Waals surface area contributed by atoms with Crippen LogP contribution in [0.5, 0.6) is 17.4 Å². The van der Waals surface area contributed by atoms with Crippen molar-refractivity contribution in [3.8, 4) is 28.8 Å². The first-order valence-corrected chi connectivity index (χ1v) is 12.2. The Bertz CT molecular complexity index is 1430. The van der Waals surface area contributed by atoms with Crippen LogP contribution >= 0.6 is 23.4 Å². The highest BCUT2D eigenvalue weighted by Gasteiger charge is 2.28. The number of nitrogens with zero attached hydrogens (tertiary/aromatic N) is 3. The summed E-state index contributed by atoms with van der Waals surface area (Å²) >= 11 is 7.73. The summed E-state index contributed by atoms with van der Waals surface area (Å²) in [6.45, 7) is 1.71. The Morgan fingerprint density at radius 1 is 1.14 bits per heavy atom. The number of pyridine rings is 1. The van der Waals surface area contributed by atoms with E-state index in [0.29, 0.717) is 56.7 Å². The van der Waals surface area contributed by atoms with Gasteiger partial charge >= 0.3 is 0 Å². The van der Waals surface area contributed by atoms with Gasteiger partial charge in [0, 0.05) is 34.5 Å². The molecule has 0 bridgehead atoms. The summed E-state index contributed by atoms with van der Waals surface area (Å²) in [5.74, 6) is 2.23. The van der Waals surface area contributed by atoms with Gasteiger partial charge in [-0.3, -0.25) is 4.98 Å². The second-order valence-corrected chi connectivity index (χ2v) is 9.35. The standard InChI is InChI=1S/C26H21ClFN3O3S/c1-14-23-19(16(12-32)11-29-14)10-20-25(34-23)30-24(18-5-3-4-6-22(18)33-2)31-26(20)35-13-15-7-8-17(28)9-21(15)27/h3-9,11,32H,10,12-13H2,1-2H3. The molecule has 1 aliphatic rings. The Morgan fingerprint density at radius 3 is 2.74 bits per heavy atom. The second kappa shape index (κ2) is 9.81. The molecule has 1 aliphatic heterocycles. The topological polar surface area (TPSA) is 77.4 Å². The zero-order chi connectivity index (χ0) is 24.5. The van der Waals surface area contributed by atoms with Crippen LogP contribution in [-0.2, 0) is 18.8 Å². The van der Waals surface area contributed by atoms with Crippen LogP contribution in [0.25, 0.3) is 11.4 Å². The van der Waals surface area contributed by atoms with Gasteiger partial charge in [0.2, 0.25) is 5.88 Å². The Morgan fingerprint density at radius 2 is 1.97 bits per heavy atom. The Labute approximate surface area is 211 Å². The molecule has 0 amide bonds. The third-order valence-corrected chi connectivity index (χ3v) is 7.20. The molecule has 0 radical (unpaired) electrons. The van der Waals surface area contributed by atoms with Gasteiger partial charge in [0.25, 0.3) is 0 Å². The van der Waals surface area contributed by atoms with Gasteiger partial charge in [-0.15, -0.1) is 11.8 Å². The van der Waals surface area contributed by atoms with E-state index in [1.807, 2.05) is 31.2 Å². The molecule has 0 spiro atoms. The highest BCUT2D eigenvalue weighted by Crippen LogP contribution is 2.44. The minimum absolute atomic E-state index is 0.151. The average molecular weight is 510 g/mol. The number of aliphatic hydroxyl groups excluding tert-OH is 1. The quantitative estimate of drug-likeness (QED) is 0.218. The fourth-order valence-electron chi connectivity index (χ4n) is 3.95. The maximum Gasteiger partial charge on any atom is 0.227 e. The van der Waals surface area contributed by atoms with Crippen LogP contribution in [0.4, 0.5) is 4.39 Å². The van der Waals surface area contributed by atoms with E-state index in [-0.39, 0.29) is 12.4 Å². The molecular weight excluding hydrogens is 489 g/mol. The molecule has 6 nitrogen and oxygen atoms in total. The molecule has 5 rings (SSSR count). The molecule has 0 aliphatic carbocycles. The fraction of sp³-hybridized carbons (Fsp3) is 0.192. The van der Waals surface area contributed by atoms with Crippen LogP contribution in [0, 0.1) is 12.7 Å².